The molecule has 2 N–H and O–H groups in total. The molecule has 13 heavy (non-hydrogen) atoms. The highest BCUT2D eigenvalue weighted by atomic mass is 15.1. The van der Waals surface area contributed by atoms with E-state index < -0.39 is 0 Å². The third-order valence-electron chi connectivity index (χ3n) is 2.38. The third-order valence-corrected chi connectivity index (χ3v) is 2.38. The quantitative estimate of drug-likeness (QED) is 0.767. The Morgan fingerprint density at radius 1 is 1.54 bits per heavy atom. The van der Waals surface area contributed by atoms with Gasteiger partial charge in [0.15, 0.2) is 0 Å². The van der Waals surface area contributed by atoms with Crippen LogP contribution in [0.4, 0.5) is 5.82 Å². The Balaban J connectivity index is 2.82. The standard InChI is InChI=1S/C10H17N3/c1-4-13(3)8(2)9-6-5-7-10(11)12-9/h5-8H,4H2,1-3H3,(H2,11,12). The number of hydrogen-bond donors (Lipinski definition) is 1. The van der Waals surface area contributed by atoms with Crippen LogP contribution in [-0.4, -0.2) is 23.5 Å². The van der Waals surface area contributed by atoms with Crippen LogP contribution in [0.5, 0.6) is 0 Å². The molecule has 0 aliphatic carbocycles. The highest BCUT2D eigenvalue weighted by molar-refractivity contribution is 5.29. The van der Waals surface area contributed by atoms with Crippen molar-refractivity contribution in [3.05, 3.63) is 23.9 Å². The third kappa shape index (κ3) is 2.42. The fraction of sp³-hybridized carbons (Fsp3) is 0.500. The van der Waals surface area contributed by atoms with Crippen molar-refractivity contribution < 1.29 is 0 Å². The molecule has 72 valence electrons. The van der Waals surface area contributed by atoms with Crippen molar-refractivity contribution in [3.63, 3.8) is 0 Å². The largest absolute Gasteiger partial charge is 0.384 e. The van der Waals surface area contributed by atoms with Crippen LogP contribution in [0.1, 0.15) is 25.6 Å². The minimum atomic E-state index is 0.327. The molecule has 0 radical (unpaired) electrons. The zero-order valence-electron chi connectivity index (χ0n) is 8.49. The van der Waals surface area contributed by atoms with Gasteiger partial charge >= 0.3 is 0 Å². The first-order chi connectivity index (χ1) is 6.15. The van der Waals surface area contributed by atoms with Gasteiger partial charge < -0.3 is 5.73 Å². The van der Waals surface area contributed by atoms with Crippen LogP contribution in [0, 0.1) is 0 Å². The van der Waals surface area contributed by atoms with Gasteiger partial charge in [0, 0.05) is 6.04 Å². The number of rotatable bonds is 3. The van der Waals surface area contributed by atoms with Crippen LogP contribution in [-0.2, 0) is 0 Å². The van der Waals surface area contributed by atoms with Crippen LogP contribution in [0.15, 0.2) is 18.2 Å². The number of aromatic nitrogens is 1. The highest BCUT2D eigenvalue weighted by Gasteiger charge is 2.10. The molecule has 1 rings (SSSR count). The molecular weight excluding hydrogens is 162 g/mol. The fourth-order valence-electron chi connectivity index (χ4n) is 1.20. The predicted molar refractivity (Wildman–Crippen MR) is 55.4 cm³/mol. The molecule has 1 atom stereocenters. The number of anilines is 1. The van der Waals surface area contributed by atoms with Gasteiger partial charge in [-0.15, -0.1) is 0 Å². The van der Waals surface area contributed by atoms with Gasteiger partial charge in [-0.1, -0.05) is 13.0 Å². The average molecular weight is 179 g/mol. The van der Waals surface area contributed by atoms with E-state index in [0.717, 1.165) is 12.2 Å². The first kappa shape index (κ1) is 9.99. The lowest BCUT2D eigenvalue weighted by Gasteiger charge is -2.22. The molecule has 0 amide bonds. The lowest BCUT2D eigenvalue weighted by atomic mass is 10.2. The second kappa shape index (κ2) is 4.23. The second-order valence-electron chi connectivity index (χ2n) is 3.24. The molecule has 0 fully saturated rings. The molecule has 0 bridgehead atoms. The molecule has 0 saturated carbocycles. The van der Waals surface area contributed by atoms with E-state index in [1.54, 1.807) is 0 Å². The summed E-state index contributed by atoms with van der Waals surface area (Å²) in [7, 11) is 2.08. The van der Waals surface area contributed by atoms with Crippen molar-refractivity contribution in [2.75, 3.05) is 19.3 Å². The normalized spacial score (nSPS) is 13.2. The molecule has 1 aromatic rings. The van der Waals surface area contributed by atoms with Gasteiger partial charge in [-0.05, 0) is 32.6 Å². The molecule has 3 heteroatoms. The summed E-state index contributed by atoms with van der Waals surface area (Å²) >= 11 is 0. The van der Waals surface area contributed by atoms with Crippen molar-refractivity contribution >= 4 is 5.82 Å². The van der Waals surface area contributed by atoms with E-state index in [4.69, 9.17) is 5.73 Å². The SMILES string of the molecule is CCN(C)C(C)c1cccc(N)n1. The van der Waals surface area contributed by atoms with E-state index in [0.29, 0.717) is 11.9 Å². The molecule has 0 saturated heterocycles. The summed E-state index contributed by atoms with van der Waals surface area (Å²) in [6.45, 7) is 5.27. The molecule has 0 aliphatic rings. The van der Waals surface area contributed by atoms with Crippen LogP contribution in [0.25, 0.3) is 0 Å². The molecular formula is C10H17N3. The maximum absolute atomic E-state index is 5.61. The lowest BCUT2D eigenvalue weighted by molar-refractivity contribution is 0.271. The van der Waals surface area contributed by atoms with E-state index in [-0.39, 0.29) is 0 Å². The van der Waals surface area contributed by atoms with Gasteiger partial charge in [0.2, 0.25) is 0 Å². The zero-order chi connectivity index (χ0) is 9.84. The summed E-state index contributed by atoms with van der Waals surface area (Å²) in [6, 6.07) is 6.08. The number of nitrogens with zero attached hydrogens (tertiary/aromatic N) is 2. The van der Waals surface area contributed by atoms with Gasteiger partial charge in [0.25, 0.3) is 0 Å². The number of nitrogens with two attached hydrogens (primary N) is 1. The number of nitrogen functional groups attached to an aromatic ring is 1. The van der Waals surface area contributed by atoms with Crippen molar-refractivity contribution in [2.45, 2.75) is 19.9 Å². The molecule has 1 unspecified atom stereocenters. The summed E-state index contributed by atoms with van der Waals surface area (Å²) < 4.78 is 0. The lowest BCUT2D eigenvalue weighted by Crippen LogP contribution is -2.22. The topological polar surface area (TPSA) is 42.1 Å². The minimum absolute atomic E-state index is 0.327. The van der Waals surface area contributed by atoms with Crippen molar-refractivity contribution in [2.24, 2.45) is 0 Å². The summed E-state index contributed by atoms with van der Waals surface area (Å²) in [4.78, 5) is 6.50. The zero-order valence-corrected chi connectivity index (χ0v) is 8.49. The van der Waals surface area contributed by atoms with E-state index in [2.05, 4.69) is 30.8 Å². The molecule has 1 heterocycles. The summed E-state index contributed by atoms with van der Waals surface area (Å²) in [6.07, 6.45) is 0. The summed E-state index contributed by atoms with van der Waals surface area (Å²) in [5.41, 5.74) is 6.64. The Kier molecular flexibility index (Phi) is 3.25. The summed E-state index contributed by atoms with van der Waals surface area (Å²) in [5.74, 6) is 0.592. The molecule has 1 aromatic heterocycles. The van der Waals surface area contributed by atoms with Crippen molar-refractivity contribution in [1.82, 2.24) is 9.88 Å². The Morgan fingerprint density at radius 2 is 2.23 bits per heavy atom. The average Bonchev–Trinajstić information content (AvgIpc) is 2.15. The van der Waals surface area contributed by atoms with Gasteiger partial charge in [-0.3, -0.25) is 4.90 Å². The molecule has 0 spiro atoms. The van der Waals surface area contributed by atoms with E-state index in [1.807, 2.05) is 18.2 Å². The first-order valence-corrected chi connectivity index (χ1v) is 4.57. The van der Waals surface area contributed by atoms with E-state index in [9.17, 15) is 0 Å². The van der Waals surface area contributed by atoms with E-state index >= 15 is 0 Å². The van der Waals surface area contributed by atoms with Crippen LogP contribution < -0.4 is 5.73 Å². The Hall–Kier alpha value is -1.09. The maximum Gasteiger partial charge on any atom is 0.123 e. The Labute approximate surface area is 79.6 Å². The van der Waals surface area contributed by atoms with Gasteiger partial charge in [-0.2, -0.15) is 0 Å². The molecule has 0 aromatic carbocycles. The fourth-order valence-corrected chi connectivity index (χ4v) is 1.20. The van der Waals surface area contributed by atoms with Crippen LogP contribution in [0.2, 0.25) is 0 Å². The Bertz CT molecular complexity index is 273. The van der Waals surface area contributed by atoms with Gasteiger partial charge in [0.1, 0.15) is 5.82 Å². The second-order valence-corrected chi connectivity index (χ2v) is 3.24. The highest BCUT2D eigenvalue weighted by Crippen LogP contribution is 2.16. The Morgan fingerprint density at radius 3 is 2.77 bits per heavy atom. The maximum atomic E-state index is 5.61. The van der Waals surface area contributed by atoms with E-state index in [1.165, 1.54) is 0 Å². The summed E-state index contributed by atoms with van der Waals surface area (Å²) in [5, 5.41) is 0. The van der Waals surface area contributed by atoms with Crippen molar-refractivity contribution in [1.29, 1.82) is 0 Å². The van der Waals surface area contributed by atoms with Gasteiger partial charge in [-0.25, -0.2) is 4.98 Å². The monoisotopic (exact) mass is 179 g/mol. The van der Waals surface area contributed by atoms with Crippen LogP contribution >= 0.6 is 0 Å². The van der Waals surface area contributed by atoms with Gasteiger partial charge in [0.05, 0.1) is 5.69 Å². The van der Waals surface area contributed by atoms with Crippen LogP contribution in [0.3, 0.4) is 0 Å². The van der Waals surface area contributed by atoms with Crippen molar-refractivity contribution in [3.8, 4) is 0 Å². The smallest absolute Gasteiger partial charge is 0.123 e. The minimum Gasteiger partial charge on any atom is -0.384 e. The number of hydrogen-bond acceptors (Lipinski definition) is 3. The molecule has 3 nitrogen and oxygen atoms in total. The first-order valence-electron chi connectivity index (χ1n) is 4.57. The molecule has 0 aliphatic heterocycles. The predicted octanol–water partition coefficient (Wildman–Crippen LogP) is 1.68. The number of pyridine rings is 1.